The lowest BCUT2D eigenvalue weighted by Crippen LogP contribution is -2.48. The number of benzene rings is 1. The van der Waals surface area contributed by atoms with Crippen molar-refractivity contribution in [2.24, 2.45) is 5.41 Å². The molecule has 0 aliphatic carbocycles. The fourth-order valence-electron chi connectivity index (χ4n) is 4.53. The summed E-state index contributed by atoms with van der Waals surface area (Å²) in [4.78, 5) is 6.68. The van der Waals surface area contributed by atoms with Gasteiger partial charge in [0.1, 0.15) is 11.9 Å². The Morgan fingerprint density at radius 2 is 1.82 bits per heavy atom. The monoisotopic (exact) mass is 592 g/mol. The summed E-state index contributed by atoms with van der Waals surface area (Å²) in [5.74, 6) is 1.42. The molecule has 0 spiro atoms. The predicted molar refractivity (Wildman–Crippen MR) is 161 cm³/mol. The summed E-state index contributed by atoms with van der Waals surface area (Å²) in [5, 5.41) is 0.0287. The number of aromatic nitrogens is 2. The lowest BCUT2D eigenvalue weighted by Gasteiger charge is -2.42. The molecule has 0 saturated carbocycles. The van der Waals surface area contributed by atoms with Crippen LogP contribution in [0, 0.1) is 5.41 Å². The SMILES string of the molecule is COc1ccc(CO[C@H](C)[C@@H](C[C@@H]2CCC=C(C(C)(C)CS(=O)(=O)c3ncc[nH]3)O2)O[Si](C)(C)C(C)(C)C)cc1. The highest BCUT2D eigenvalue weighted by Crippen LogP contribution is 2.40. The van der Waals surface area contributed by atoms with Crippen molar-refractivity contribution in [2.45, 2.75) is 109 Å². The quantitative estimate of drug-likeness (QED) is 0.259. The second-order valence-corrected chi connectivity index (χ2v) is 19.6. The Kier molecular flexibility index (Phi) is 10.4. The van der Waals surface area contributed by atoms with Crippen molar-refractivity contribution >= 4 is 18.2 Å². The van der Waals surface area contributed by atoms with E-state index in [1.54, 1.807) is 7.11 Å². The van der Waals surface area contributed by atoms with Crippen molar-refractivity contribution in [3.63, 3.8) is 0 Å². The molecule has 0 amide bonds. The molecule has 10 heteroatoms. The smallest absolute Gasteiger partial charge is 0.224 e. The van der Waals surface area contributed by atoms with Gasteiger partial charge in [-0.15, -0.1) is 0 Å². The predicted octanol–water partition coefficient (Wildman–Crippen LogP) is 6.67. The van der Waals surface area contributed by atoms with Gasteiger partial charge in [0, 0.05) is 24.2 Å². The first-order valence-electron chi connectivity index (χ1n) is 14.1. The van der Waals surface area contributed by atoms with Crippen LogP contribution in [0.2, 0.25) is 18.1 Å². The lowest BCUT2D eigenvalue weighted by atomic mass is 9.90. The molecule has 2 heterocycles. The van der Waals surface area contributed by atoms with Crippen LogP contribution in [0.15, 0.2) is 53.7 Å². The zero-order valence-corrected chi connectivity index (χ0v) is 27.4. The summed E-state index contributed by atoms with van der Waals surface area (Å²) >= 11 is 0. The van der Waals surface area contributed by atoms with Crippen LogP contribution in [0.3, 0.4) is 0 Å². The van der Waals surface area contributed by atoms with E-state index in [1.165, 1.54) is 12.4 Å². The molecule has 2 aromatic rings. The Morgan fingerprint density at radius 1 is 1.15 bits per heavy atom. The van der Waals surface area contributed by atoms with E-state index in [-0.39, 0.29) is 34.3 Å². The van der Waals surface area contributed by atoms with Gasteiger partial charge in [-0.1, -0.05) is 46.8 Å². The first kappa shape index (κ1) is 32.4. The number of methoxy groups -OCH3 is 1. The molecule has 40 heavy (non-hydrogen) atoms. The average Bonchev–Trinajstić information content (AvgIpc) is 3.42. The average molecular weight is 593 g/mol. The van der Waals surface area contributed by atoms with Crippen LogP contribution in [-0.4, -0.2) is 57.9 Å². The normalized spacial score (nSPS) is 18.5. The Hall–Kier alpha value is -2.14. The summed E-state index contributed by atoms with van der Waals surface area (Å²) in [6.07, 6.45) is 6.88. The first-order valence-corrected chi connectivity index (χ1v) is 18.6. The molecule has 0 bridgehead atoms. The third-order valence-electron chi connectivity index (χ3n) is 8.04. The number of hydrogen-bond donors (Lipinski definition) is 1. The summed E-state index contributed by atoms with van der Waals surface area (Å²) in [6.45, 7) is 17.6. The Labute approximate surface area is 241 Å². The number of allylic oxidation sites excluding steroid dienone is 2. The molecule has 1 aromatic carbocycles. The molecule has 0 unspecified atom stereocenters. The van der Waals surface area contributed by atoms with E-state index in [4.69, 9.17) is 18.6 Å². The van der Waals surface area contributed by atoms with Gasteiger partial charge in [0.15, 0.2) is 8.32 Å². The minimum Gasteiger partial charge on any atom is -0.497 e. The topological polar surface area (TPSA) is 99.7 Å². The molecule has 0 fully saturated rings. The van der Waals surface area contributed by atoms with Gasteiger partial charge >= 0.3 is 0 Å². The number of nitrogens with zero attached hydrogens (tertiary/aromatic N) is 1. The number of imidazole rings is 1. The van der Waals surface area contributed by atoms with E-state index in [2.05, 4.69) is 50.8 Å². The van der Waals surface area contributed by atoms with Gasteiger partial charge in [-0.3, -0.25) is 0 Å². The van der Waals surface area contributed by atoms with Crippen LogP contribution in [0.5, 0.6) is 5.75 Å². The number of H-pyrrole nitrogens is 1. The number of ether oxygens (including phenoxy) is 3. The number of nitrogens with one attached hydrogen (secondary N) is 1. The molecule has 1 aliphatic heterocycles. The van der Waals surface area contributed by atoms with Crippen molar-refractivity contribution in [2.75, 3.05) is 12.9 Å². The van der Waals surface area contributed by atoms with E-state index in [0.29, 0.717) is 18.8 Å². The van der Waals surface area contributed by atoms with Crippen LogP contribution in [0.25, 0.3) is 0 Å². The minimum atomic E-state index is -3.59. The number of rotatable bonds is 13. The molecule has 1 aliphatic rings. The number of aromatic amines is 1. The van der Waals surface area contributed by atoms with E-state index < -0.39 is 23.6 Å². The minimum absolute atomic E-state index is 0.0146. The van der Waals surface area contributed by atoms with Crippen molar-refractivity contribution < 1.29 is 27.1 Å². The summed E-state index contributed by atoms with van der Waals surface area (Å²) < 4.78 is 51.0. The van der Waals surface area contributed by atoms with Crippen LogP contribution in [0.4, 0.5) is 0 Å². The highest BCUT2D eigenvalue weighted by Gasteiger charge is 2.42. The molecule has 0 saturated heterocycles. The molecular formula is C30H48N2O6SSi. The largest absolute Gasteiger partial charge is 0.497 e. The third-order valence-corrected chi connectivity index (χ3v) is 14.5. The maximum Gasteiger partial charge on any atom is 0.224 e. The van der Waals surface area contributed by atoms with Gasteiger partial charge in [-0.25, -0.2) is 13.4 Å². The third kappa shape index (κ3) is 8.44. The van der Waals surface area contributed by atoms with Gasteiger partial charge in [0.05, 0.1) is 37.4 Å². The van der Waals surface area contributed by atoms with E-state index in [0.717, 1.165) is 24.2 Å². The number of sulfone groups is 1. The van der Waals surface area contributed by atoms with E-state index >= 15 is 0 Å². The molecule has 3 rings (SSSR count). The molecule has 8 nitrogen and oxygen atoms in total. The van der Waals surface area contributed by atoms with Crippen molar-refractivity contribution in [3.8, 4) is 5.75 Å². The van der Waals surface area contributed by atoms with E-state index in [9.17, 15) is 8.42 Å². The van der Waals surface area contributed by atoms with Crippen LogP contribution in [-0.2, 0) is 30.3 Å². The summed E-state index contributed by atoms with van der Waals surface area (Å²) in [6, 6.07) is 7.89. The summed E-state index contributed by atoms with van der Waals surface area (Å²) in [7, 11) is -4.04. The Balaban J connectivity index is 1.73. The molecule has 224 valence electrons. The van der Waals surface area contributed by atoms with Crippen LogP contribution < -0.4 is 4.74 Å². The lowest BCUT2D eigenvalue weighted by molar-refractivity contribution is -0.0565. The standard InChI is InChI=1S/C30H48N2O6SSi/c1-22(36-20-23-13-15-24(35-7)16-14-23)26(38-40(8,9)29(2,3)4)19-25-11-10-12-27(37-25)30(5,6)21-39(33,34)28-31-17-18-32-28/h12-18,22,25-26H,10-11,19-21H2,1-9H3,(H,31,32)/t22-,25+,26-/m1/s1. The maximum absolute atomic E-state index is 13.0. The van der Waals surface area contributed by atoms with E-state index in [1.807, 2.05) is 44.2 Å². The van der Waals surface area contributed by atoms with Crippen molar-refractivity contribution in [1.29, 1.82) is 0 Å². The van der Waals surface area contributed by atoms with Gasteiger partial charge in [-0.05, 0) is 61.7 Å². The number of hydrogen-bond acceptors (Lipinski definition) is 7. The van der Waals surface area contributed by atoms with Gasteiger partial charge in [0.25, 0.3) is 0 Å². The second-order valence-electron chi connectivity index (χ2n) is 12.9. The molecular weight excluding hydrogens is 544 g/mol. The van der Waals surface area contributed by atoms with Gasteiger partial charge < -0.3 is 23.6 Å². The maximum atomic E-state index is 13.0. The fourth-order valence-corrected chi connectivity index (χ4v) is 7.63. The first-order chi connectivity index (χ1) is 18.5. The Bertz CT molecular complexity index is 1220. The van der Waals surface area contributed by atoms with Gasteiger partial charge in [0.2, 0.25) is 15.0 Å². The molecule has 0 radical (unpaired) electrons. The fraction of sp³-hybridized carbons (Fsp3) is 0.633. The highest BCUT2D eigenvalue weighted by molar-refractivity contribution is 7.91. The highest BCUT2D eigenvalue weighted by atomic mass is 32.2. The van der Waals surface area contributed by atoms with Gasteiger partial charge in [-0.2, -0.15) is 0 Å². The van der Waals surface area contributed by atoms with Crippen LogP contribution in [0.1, 0.15) is 66.4 Å². The van der Waals surface area contributed by atoms with Crippen molar-refractivity contribution in [1.82, 2.24) is 9.97 Å². The zero-order chi connectivity index (χ0) is 29.8. The molecule has 3 atom stereocenters. The molecule has 1 N–H and O–H groups in total. The second kappa shape index (κ2) is 12.8. The molecule has 1 aromatic heterocycles. The Morgan fingerprint density at radius 3 is 2.40 bits per heavy atom. The van der Waals surface area contributed by atoms with Crippen LogP contribution >= 0.6 is 0 Å². The zero-order valence-electron chi connectivity index (χ0n) is 25.6. The summed E-state index contributed by atoms with van der Waals surface area (Å²) in [5.41, 5.74) is 0.355. The van der Waals surface area contributed by atoms with Crippen molar-refractivity contribution in [3.05, 3.63) is 54.1 Å².